The van der Waals surface area contributed by atoms with E-state index in [1.54, 1.807) is 28.9 Å². The van der Waals surface area contributed by atoms with E-state index < -0.39 is 0 Å². The first-order chi connectivity index (χ1) is 9.76. The second-order valence-corrected chi connectivity index (χ2v) is 4.65. The molecule has 5 heteroatoms. The minimum Gasteiger partial charge on any atom is -0.220 e. The Labute approximate surface area is 120 Å². The minimum absolute atomic E-state index is 0.624. The summed E-state index contributed by atoms with van der Waals surface area (Å²) in [5.41, 5.74) is 3.19. The SMILES string of the molecule is N#Cc1ccc(-c2cn(-c3ccc(Cl)cc3)nn2)cc1. The van der Waals surface area contributed by atoms with Gasteiger partial charge >= 0.3 is 0 Å². The molecular weight excluding hydrogens is 272 g/mol. The van der Waals surface area contributed by atoms with Gasteiger partial charge in [-0.25, -0.2) is 4.68 Å². The quantitative estimate of drug-likeness (QED) is 0.722. The van der Waals surface area contributed by atoms with Crippen molar-refractivity contribution >= 4 is 11.6 Å². The maximum Gasteiger partial charge on any atom is 0.113 e. The molecule has 0 saturated carbocycles. The fourth-order valence-corrected chi connectivity index (χ4v) is 1.96. The smallest absolute Gasteiger partial charge is 0.113 e. The van der Waals surface area contributed by atoms with Crippen LogP contribution in [-0.4, -0.2) is 15.0 Å². The number of halogens is 1. The molecular formula is C15H9ClN4. The topological polar surface area (TPSA) is 54.5 Å². The van der Waals surface area contributed by atoms with Gasteiger partial charge in [-0.15, -0.1) is 5.10 Å². The van der Waals surface area contributed by atoms with Crippen LogP contribution in [0.4, 0.5) is 0 Å². The maximum absolute atomic E-state index is 8.78. The van der Waals surface area contributed by atoms with Crippen LogP contribution in [-0.2, 0) is 0 Å². The van der Waals surface area contributed by atoms with Gasteiger partial charge in [-0.05, 0) is 36.4 Å². The highest BCUT2D eigenvalue weighted by Crippen LogP contribution is 2.19. The van der Waals surface area contributed by atoms with Crippen molar-refractivity contribution in [3.05, 3.63) is 65.3 Å². The van der Waals surface area contributed by atoms with Gasteiger partial charge in [0.05, 0.1) is 23.5 Å². The van der Waals surface area contributed by atoms with Crippen molar-refractivity contribution in [1.29, 1.82) is 5.26 Å². The molecule has 1 heterocycles. The fraction of sp³-hybridized carbons (Fsp3) is 0. The van der Waals surface area contributed by atoms with Crippen molar-refractivity contribution in [3.63, 3.8) is 0 Å². The summed E-state index contributed by atoms with van der Waals surface area (Å²) in [5.74, 6) is 0. The van der Waals surface area contributed by atoms with E-state index >= 15 is 0 Å². The van der Waals surface area contributed by atoms with Crippen molar-refractivity contribution in [2.45, 2.75) is 0 Å². The lowest BCUT2D eigenvalue weighted by Crippen LogP contribution is -1.93. The summed E-state index contributed by atoms with van der Waals surface area (Å²) >= 11 is 5.86. The Morgan fingerprint density at radius 3 is 2.35 bits per heavy atom. The number of rotatable bonds is 2. The molecule has 1 aromatic heterocycles. The van der Waals surface area contributed by atoms with E-state index in [-0.39, 0.29) is 0 Å². The Kier molecular flexibility index (Phi) is 3.20. The largest absolute Gasteiger partial charge is 0.220 e. The Morgan fingerprint density at radius 2 is 1.70 bits per heavy atom. The number of hydrogen-bond donors (Lipinski definition) is 0. The molecule has 4 nitrogen and oxygen atoms in total. The molecule has 0 saturated heterocycles. The summed E-state index contributed by atoms with van der Waals surface area (Å²) in [6.07, 6.45) is 1.84. The molecule has 0 N–H and O–H groups in total. The Bertz CT molecular complexity index is 767. The highest BCUT2D eigenvalue weighted by Gasteiger charge is 2.05. The van der Waals surface area contributed by atoms with Crippen molar-refractivity contribution < 1.29 is 0 Å². The molecule has 0 unspecified atom stereocenters. The average molecular weight is 281 g/mol. The van der Waals surface area contributed by atoms with Crippen LogP contribution in [0, 0.1) is 11.3 Å². The van der Waals surface area contributed by atoms with E-state index in [1.807, 2.05) is 30.5 Å². The number of nitrogens with zero attached hydrogens (tertiary/aromatic N) is 4. The zero-order valence-electron chi connectivity index (χ0n) is 10.4. The van der Waals surface area contributed by atoms with Crippen LogP contribution < -0.4 is 0 Å². The molecule has 0 spiro atoms. The van der Waals surface area contributed by atoms with E-state index in [1.165, 1.54) is 0 Å². The van der Waals surface area contributed by atoms with E-state index in [2.05, 4.69) is 16.4 Å². The highest BCUT2D eigenvalue weighted by atomic mass is 35.5. The molecule has 0 aliphatic carbocycles. The molecule has 3 aromatic rings. The predicted octanol–water partition coefficient (Wildman–Crippen LogP) is 3.46. The Morgan fingerprint density at radius 1 is 1.00 bits per heavy atom. The number of nitriles is 1. The Hall–Kier alpha value is -2.64. The van der Waals surface area contributed by atoms with Gasteiger partial charge < -0.3 is 0 Å². The van der Waals surface area contributed by atoms with Gasteiger partial charge in [0.2, 0.25) is 0 Å². The first-order valence-corrected chi connectivity index (χ1v) is 6.33. The monoisotopic (exact) mass is 280 g/mol. The zero-order chi connectivity index (χ0) is 13.9. The van der Waals surface area contributed by atoms with Crippen LogP contribution >= 0.6 is 11.6 Å². The number of aromatic nitrogens is 3. The van der Waals surface area contributed by atoms with E-state index in [0.717, 1.165) is 16.9 Å². The molecule has 0 fully saturated rings. The molecule has 0 atom stereocenters. The molecule has 0 aliphatic rings. The predicted molar refractivity (Wildman–Crippen MR) is 76.5 cm³/mol. The summed E-state index contributed by atoms with van der Waals surface area (Å²) < 4.78 is 1.68. The number of benzene rings is 2. The molecule has 0 aliphatic heterocycles. The average Bonchev–Trinajstić information content (AvgIpc) is 2.98. The Balaban J connectivity index is 1.93. The van der Waals surface area contributed by atoms with Crippen molar-refractivity contribution in [2.24, 2.45) is 0 Å². The molecule has 0 radical (unpaired) electrons. The molecule has 0 amide bonds. The maximum atomic E-state index is 8.78. The summed E-state index contributed by atoms with van der Waals surface area (Å²) in [6.45, 7) is 0. The zero-order valence-corrected chi connectivity index (χ0v) is 11.1. The molecule has 2 aromatic carbocycles. The summed E-state index contributed by atoms with van der Waals surface area (Å²) in [4.78, 5) is 0. The van der Waals surface area contributed by atoms with Gasteiger partial charge in [0.25, 0.3) is 0 Å². The van der Waals surface area contributed by atoms with Crippen molar-refractivity contribution in [1.82, 2.24) is 15.0 Å². The third kappa shape index (κ3) is 2.40. The van der Waals surface area contributed by atoms with Gasteiger partial charge in [0, 0.05) is 10.6 Å². The normalized spacial score (nSPS) is 10.2. The van der Waals surface area contributed by atoms with E-state index in [0.29, 0.717) is 10.6 Å². The van der Waals surface area contributed by atoms with Crippen LogP contribution in [0.3, 0.4) is 0 Å². The lowest BCUT2D eigenvalue weighted by atomic mass is 10.1. The standard InChI is InChI=1S/C15H9ClN4/c16-13-5-7-14(8-6-13)20-10-15(18-19-20)12-3-1-11(9-17)2-4-12/h1-8,10H. The second-order valence-electron chi connectivity index (χ2n) is 4.21. The summed E-state index contributed by atoms with van der Waals surface area (Å²) in [7, 11) is 0. The van der Waals surface area contributed by atoms with Gasteiger partial charge in [-0.2, -0.15) is 5.26 Å². The minimum atomic E-state index is 0.624. The van der Waals surface area contributed by atoms with E-state index in [4.69, 9.17) is 16.9 Å². The summed E-state index contributed by atoms with van der Waals surface area (Å²) in [6, 6.07) is 16.7. The third-order valence-electron chi connectivity index (χ3n) is 2.89. The lowest BCUT2D eigenvalue weighted by molar-refractivity contribution is 0.804. The highest BCUT2D eigenvalue weighted by molar-refractivity contribution is 6.30. The molecule has 0 bridgehead atoms. The first-order valence-electron chi connectivity index (χ1n) is 5.95. The number of hydrogen-bond acceptors (Lipinski definition) is 3. The lowest BCUT2D eigenvalue weighted by Gasteiger charge is -1.99. The fourth-order valence-electron chi connectivity index (χ4n) is 1.83. The first kappa shape index (κ1) is 12.4. The molecule has 20 heavy (non-hydrogen) atoms. The van der Waals surface area contributed by atoms with Gasteiger partial charge in [-0.1, -0.05) is 28.9 Å². The van der Waals surface area contributed by atoms with Crippen LogP contribution in [0.25, 0.3) is 16.9 Å². The van der Waals surface area contributed by atoms with Crippen molar-refractivity contribution in [2.75, 3.05) is 0 Å². The van der Waals surface area contributed by atoms with Crippen LogP contribution in [0.1, 0.15) is 5.56 Å². The molecule has 96 valence electrons. The van der Waals surface area contributed by atoms with E-state index in [9.17, 15) is 0 Å². The van der Waals surface area contributed by atoms with Gasteiger partial charge in [-0.3, -0.25) is 0 Å². The second kappa shape index (κ2) is 5.16. The van der Waals surface area contributed by atoms with Crippen LogP contribution in [0.2, 0.25) is 5.02 Å². The van der Waals surface area contributed by atoms with Crippen LogP contribution in [0.5, 0.6) is 0 Å². The summed E-state index contributed by atoms with van der Waals surface area (Å²) in [5, 5.41) is 17.7. The molecule has 3 rings (SSSR count). The van der Waals surface area contributed by atoms with Gasteiger partial charge in [0.15, 0.2) is 0 Å². The van der Waals surface area contributed by atoms with Gasteiger partial charge in [0.1, 0.15) is 5.69 Å². The van der Waals surface area contributed by atoms with Crippen LogP contribution in [0.15, 0.2) is 54.7 Å². The third-order valence-corrected chi connectivity index (χ3v) is 3.15. The van der Waals surface area contributed by atoms with Crippen molar-refractivity contribution in [3.8, 4) is 23.0 Å².